The summed E-state index contributed by atoms with van der Waals surface area (Å²) in [4.78, 5) is 12.0. The van der Waals surface area contributed by atoms with Crippen molar-refractivity contribution in [2.75, 3.05) is 5.32 Å². The Hall–Kier alpha value is -1.77. The van der Waals surface area contributed by atoms with Crippen molar-refractivity contribution in [3.8, 4) is 0 Å². The fourth-order valence-electron chi connectivity index (χ4n) is 2.06. The van der Waals surface area contributed by atoms with Gasteiger partial charge in [-0.1, -0.05) is 47.5 Å². The molecule has 0 bridgehead atoms. The number of para-hydroxylation sites is 1. The molecule has 1 N–H and O–H groups in total. The number of halogens is 2. The van der Waals surface area contributed by atoms with Gasteiger partial charge in [0.2, 0.25) is 0 Å². The summed E-state index contributed by atoms with van der Waals surface area (Å²) in [5, 5.41) is 3.92. The van der Waals surface area contributed by atoms with E-state index in [1.54, 1.807) is 24.3 Å². The Kier molecular flexibility index (Phi) is 3.05. The van der Waals surface area contributed by atoms with Crippen LogP contribution in [0, 0.1) is 0 Å². The number of fused-ring (bicyclic) bond motifs is 1. The number of amides is 1. The summed E-state index contributed by atoms with van der Waals surface area (Å²) in [6.07, 6.45) is 1.78. The van der Waals surface area contributed by atoms with E-state index in [0.717, 1.165) is 16.8 Å². The fourth-order valence-corrected chi connectivity index (χ4v) is 2.52. The molecule has 0 saturated carbocycles. The lowest BCUT2D eigenvalue weighted by Crippen LogP contribution is -2.03. The molecule has 1 aliphatic heterocycles. The third-order valence-corrected chi connectivity index (χ3v) is 3.53. The Labute approximate surface area is 120 Å². The molecule has 4 heteroatoms. The average molecular weight is 290 g/mol. The van der Waals surface area contributed by atoms with E-state index < -0.39 is 0 Å². The van der Waals surface area contributed by atoms with Gasteiger partial charge in [0.05, 0.1) is 0 Å². The molecule has 0 saturated heterocycles. The third kappa shape index (κ3) is 2.25. The largest absolute Gasteiger partial charge is 0.321 e. The van der Waals surface area contributed by atoms with Gasteiger partial charge in [0, 0.05) is 26.9 Å². The molecule has 0 radical (unpaired) electrons. The predicted molar refractivity (Wildman–Crippen MR) is 79.4 cm³/mol. The monoisotopic (exact) mass is 289 g/mol. The highest BCUT2D eigenvalue weighted by Crippen LogP contribution is 2.34. The van der Waals surface area contributed by atoms with E-state index in [9.17, 15) is 4.79 Å². The Bertz CT molecular complexity index is 707. The number of carbonyl (C=O) groups excluding carboxylic acids is 1. The highest BCUT2D eigenvalue weighted by atomic mass is 35.5. The van der Waals surface area contributed by atoms with E-state index in [4.69, 9.17) is 23.2 Å². The number of anilines is 1. The molecule has 0 spiro atoms. The first-order valence-corrected chi connectivity index (χ1v) is 6.48. The van der Waals surface area contributed by atoms with Crippen molar-refractivity contribution in [1.29, 1.82) is 0 Å². The summed E-state index contributed by atoms with van der Waals surface area (Å²) in [6, 6.07) is 12.8. The van der Waals surface area contributed by atoms with Gasteiger partial charge < -0.3 is 5.32 Å². The molecule has 1 heterocycles. The van der Waals surface area contributed by atoms with Crippen LogP contribution in [0.15, 0.2) is 42.5 Å². The lowest BCUT2D eigenvalue weighted by molar-refractivity contribution is -0.110. The van der Waals surface area contributed by atoms with Gasteiger partial charge in [0.1, 0.15) is 0 Å². The molecule has 1 amide bonds. The fraction of sp³-hybridized carbons (Fsp3) is 0. The molecule has 0 aromatic heterocycles. The van der Waals surface area contributed by atoms with Crippen molar-refractivity contribution in [2.24, 2.45) is 0 Å². The third-order valence-electron chi connectivity index (χ3n) is 2.97. The van der Waals surface area contributed by atoms with Gasteiger partial charge in [-0.3, -0.25) is 4.79 Å². The van der Waals surface area contributed by atoms with E-state index in [0.29, 0.717) is 15.6 Å². The van der Waals surface area contributed by atoms with Crippen LogP contribution in [0.2, 0.25) is 10.0 Å². The van der Waals surface area contributed by atoms with Crippen molar-refractivity contribution in [1.82, 2.24) is 0 Å². The maximum Gasteiger partial charge on any atom is 0.256 e. The Morgan fingerprint density at radius 3 is 2.63 bits per heavy atom. The van der Waals surface area contributed by atoms with Crippen LogP contribution < -0.4 is 5.32 Å². The van der Waals surface area contributed by atoms with E-state index >= 15 is 0 Å². The normalized spacial score (nSPS) is 15.5. The highest BCUT2D eigenvalue weighted by molar-refractivity contribution is 6.38. The first-order chi connectivity index (χ1) is 9.15. The smallest absolute Gasteiger partial charge is 0.256 e. The van der Waals surface area contributed by atoms with Crippen molar-refractivity contribution in [2.45, 2.75) is 0 Å². The molecular formula is C15H9Cl2NO. The van der Waals surface area contributed by atoms with Gasteiger partial charge in [-0.25, -0.2) is 0 Å². The number of hydrogen-bond donors (Lipinski definition) is 1. The minimum Gasteiger partial charge on any atom is -0.321 e. The summed E-state index contributed by atoms with van der Waals surface area (Å²) < 4.78 is 0. The van der Waals surface area contributed by atoms with Crippen molar-refractivity contribution < 1.29 is 4.79 Å². The van der Waals surface area contributed by atoms with Gasteiger partial charge in [-0.05, 0) is 29.8 Å². The first-order valence-electron chi connectivity index (χ1n) is 5.72. The van der Waals surface area contributed by atoms with Crippen LogP contribution in [0.25, 0.3) is 11.6 Å². The van der Waals surface area contributed by atoms with Crippen molar-refractivity contribution in [3.63, 3.8) is 0 Å². The molecule has 2 aromatic carbocycles. The molecule has 2 aromatic rings. The topological polar surface area (TPSA) is 29.1 Å². The second-order valence-electron chi connectivity index (χ2n) is 4.22. The number of rotatable bonds is 1. The Balaban J connectivity index is 2.11. The highest BCUT2D eigenvalue weighted by Gasteiger charge is 2.23. The number of benzene rings is 2. The predicted octanol–water partition coefficient (Wildman–Crippen LogP) is 4.49. The molecule has 0 fully saturated rings. The lowest BCUT2D eigenvalue weighted by Gasteiger charge is -2.01. The molecule has 19 heavy (non-hydrogen) atoms. The zero-order valence-corrected chi connectivity index (χ0v) is 11.3. The maximum absolute atomic E-state index is 12.0. The standard InChI is InChI=1S/C15H9Cl2NO/c16-10-6-5-9(13(17)8-10)7-12-11-3-1-2-4-14(11)18-15(12)19/h1-8H,(H,18,19)/b12-7+. The summed E-state index contributed by atoms with van der Waals surface area (Å²) in [7, 11) is 0. The second-order valence-corrected chi connectivity index (χ2v) is 5.07. The van der Waals surface area contributed by atoms with E-state index in [2.05, 4.69) is 5.32 Å². The minimum absolute atomic E-state index is 0.118. The molecule has 0 unspecified atom stereocenters. The van der Waals surface area contributed by atoms with Crippen LogP contribution in [-0.4, -0.2) is 5.91 Å². The molecule has 3 rings (SSSR count). The summed E-state index contributed by atoms with van der Waals surface area (Å²) >= 11 is 12.0. The first kappa shape index (κ1) is 12.3. The molecule has 2 nitrogen and oxygen atoms in total. The van der Waals surface area contributed by atoms with Crippen LogP contribution in [0.3, 0.4) is 0 Å². The molecular weight excluding hydrogens is 281 g/mol. The van der Waals surface area contributed by atoms with Crippen LogP contribution in [0.5, 0.6) is 0 Å². The molecule has 0 aliphatic carbocycles. The van der Waals surface area contributed by atoms with Gasteiger partial charge in [-0.2, -0.15) is 0 Å². The van der Waals surface area contributed by atoms with Crippen LogP contribution in [-0.2, 0) is 4.79 Å². The van der Waals surface area contributed by atoms with E-state index in [1.807, 2.05) is 24.3 Å². The van der Waals surface area contributed by atoms with Gasteiger partial charge in [-0.15, -0.1) is 0 Å². The average Bonchev–Trinajstić information content (AvgIpc) is 2.69. The zero-order valence-electron chi connectivity index (χ0n) is 9.78. The van der Waals surface area contributed by atoms with E-state index in [1.165, 1.54) is 0 Å². The molecule has 1 aliphatic rings. The summed E-state index contributed by atoms with van der Waals surface area (Å²) in [6.45, 7) is 0. The zero-order chi connectivity index (χ0) is 13.4. The van der Waals surface area contributed by atoms with Crippen LogP contribution in [0.4, 0.5) is 5.69 Å². The molecule has 0 atom stereocenters. The quantitative estimate of drug-likeness (QED) is 0.770. The van der Waals surface area contributed by atoms with Crippen LogP contribution in [0.1, 0.15) is 11.1 Å². The summed E-state index contributed by atoms with van der Waals surface area (Å²) in [5.74, 6) is -0.118. The van der Waals surface area contributed by atoms with Crippen molar-refractivity contribution >= 4 is 46.4 Å². The van der Waals surface area contributed by atoms with Gasteiger partial charge in [0.15, 0.2) is 0 Å². The van der Waals surface area contributed by atoms with Gasteiger partial charge in [0.25, 0.3) is 5.91 Å². The van der Waals surface area contributed by atoms with Crippen molar-refractivity contribution in [3.05, 3.63) is 63.6 Å². The maximum atomic E-state index is 12.0. The molecule has 94 valence electrons. The lowest BCUT2D eigenvalue weighted by atomic mass is 10.0. The Morgan fingerprint density at radius 1 is 1.05 bits per heavy atom. The number of hydrogen-bond acceptors (Lipinski definition) is 1. The number of carbonyl (C=O) groups is 1. The van der Waals surface area contributed by atoms with E-state index in [-0.39, 0.29) is 5.91 Å². The van der Waals surface area contributed by atoms with Crippen LogP contribution >= 0.6 is 23.2 Å². The minimum atomic E-state index is -0.118. The SMILES string of the molecule is O=C1Nc2ccccc2/C1=C\c1ccc(Cl)cc1Cl. The second kappa shape index (κ2) is 4.72. The van der Waals surface area contributed by atoms with Gasteiger partial charge >= 0.3 is 0 Å². The Morgan fingerprint density at radius 2 is 1.84 bits per heavy atom. The number of nitrogens with one attached hydrogen (secondary N) is 1. The summed E-state index contributed by atoms with van der Waals surface area (Å²) in [5.41, 5.74) is 3.09.